The second kappa shape index (κ2) is 5.04. The van der Waals surface area contributed by atoms with E-state index in [1.807, 2.05) is 24.3 Å². The van der Waals surface area contributed by atoms with Crippen molar-refractivity contribution in [3.8, 4) is 11.5 Å². The number of ether oxygens (including phenoxy) is 2. The molecular formula is C14H16O3. The SMILES string of the molecule is COc1ccc(C2=CCC(=O)CC2)cc1OC. The van der Waals surface area contributed by atoms with Gasteiger partial charge in [-0.25, -0.2) is 0 Å². The van der Waals surface area contributed by atoms with E-state index in [1.54, 1.807) is 14.2 Å². The molecule has 90 valence electrons. The molecule has 1 aliphatic rings. The molecule has 0 unspecified atom stereocenters. The highest BCUT2D eigenvalue weighted by Gasteiger charge is 2.13. The molecule has 1 aromatic rings. The highest BCUT2D eigenvalue weighted by atomic mass is 16.5. The molecule has 3 heteroatoms. The Morgan fingerprint density at radius 3 is 2.41 bits per heavy atom. The molecule has 0 amide bonds. The quantitative estimate of drug-likeness (QED) is 0.803. The lowest BCUT2D eigenvalue weighted by Crippen LogP contribution is -2.03. The zero-order valence-electron chi connectivity index (χ0n) is 10.2. The molecule has 0 saturated heterocycles. The molecular weight excluding hydrogens is 216 g/mol. The molecule has 0 spiro atoms. The molecule has 0 atom stereocenters. The van der Waals surface area contributed by atoms with Crippen molar-refractivity contribution in [2.45, 2.75) is 19.3 Å². The van der Waals surface area contributed by atoms with Crippen LogP contribution in [0.25, 0.3) is 5.57 Å². The molecule has 0 radical (unpaired) electrons. The van der Waals surface area contributed by atoms with Gasteiger partial charge in [0.05, 0.1) is 14.2 Å². The summed E-state index contributed by atoms with van der Waals surface area (Å²) in [5.41, 5.74) is 2.32. The normalized spacial score (nSPS) is 15.4. The molecule has 17 heavy (non-hydrogen) atoms. The van der Waals surface area contributed by atoms with E-state index < -0.39 is 0 Å². The summed E-state index contributed by atoms with van der Waals surface area (Å²) in [4.78, 5) is 11.2. The number of ketones is 1. The minimum absolute atomic E-state index is 0.314. The Kier molecular flexibility index (Phi) is 3.47. The lowest BCUT2D eigenvalue weighted by atomic mass is 9.93. The second-order valence-corrected chi connectivity index (χ2v) is 4.04. The Hall–Kier alpha value is -1.77. The summed E-state index contributed by atoms with van der Waals surface area (Å²) >= 11 is 0. The lowest BCUT2D eigenvalue weighted by molar-refractivity contribution is -0.118. The van der Waals surface area contributed by atoms with Gasteiger partial charge in [0.2, 0.25) is 0 Å². The number of rotatable bonds is 3. The van der Waals surface area contributed by atoms with Gasteiger partial charge in [-0.2, -0.15) is 0 Å². The van der Waals surface area contributed by atoms with Gasteiger partial charge >= 0.3 is 0 Å². The van der Waals surface area contributed by atoms with Crippen LogP contribution in [0.2, 0.25) is 0 Å². The summed E-state index contributed by atoms with van der Waals surface area (Å²) in [6.07, 6.45) is 4.01. The predicted octanol–water partition coefficient (Wildman–Crippen LogP) is 2.84. The first kappa shape index (κ1) is 11.7. The molecule has 0 aliphatic heterocycles. The third-order valence-electron chi connectivity index (χ3n) is 3.00. The van der Waals surface area contributed by atoms with E-state index >= 15 is 0 Å². The molecule has 2 rings (SSSR count). The monoisotopic (exact) mass is 232 g/mol. The molecule has 0 aromatic heterocycles. The largest absolute Gasteiger partial charge is 0.493 e. The van der Waals surface area contributed by atoms with E-state index in [9.17, 15) is 4.79 Å². The van der Waals surface area contributed by atoms with Crippen molar-refractivity contribution in [3.63, 3.8) is 0 Å². The Balaban J connectivity index is 2.30. The molecule has 1 aromatic carbocycles. The third kappa shape index (κ3) is 2.49. The molecule has 0 fully saturated rings. The number of carbonyl (C=O) groups excluding carboxylic acids is 1. The van der Waals surface area contributed by atoms with Gasteiger partial charge < -0.3 is 9.47 Å². The van der Waals surface area contributed by atoms with Crippen molar-refractivity contribution in [3.05, 3.63) is 29.8 Å². The Morgan fingerprint density at radius 1 is 1.06 bits per heavy atom. The maximum atomic E-state index is 11.2. The van der Waals surface area contributed by atoms with Crippen LogP contribution in [0.4, 0.5) is 0 Å². The van der Waals surface area contributed by atoms with E-state index in [0.717, 1.165) is 23.5 Å². The zero-order valence-corrected chi connectivity index (χ0v) is 10.2. The minimum atomic E-state index is 0.314. The number of methoxy groups -OCH3 is 2. The first-order valence-electron chi connectivity index (χ1n) is 5.67. The fraction of sp³-hybridized carbons (Fsp3) is 0.357. The number of hydrogen-bond donors (Lipinski definition) is 0. The first-order valence-corrected chi connectivity index (χ1v) is 5.67. The second-order valence-electron chi connectivity index (χ2n) is 4.04. The van der Waals surface area contributed by atoms with Crippen LogP contribution < -0.4 is 9.47 Å². The van der Waals surface area contributed by atoms with E-state index in [0.29, 0.717) is 18.6 Å². The van der Waals surface area contributed by atoms with Crippen molar-refractivity contribution in [2.75, 3.05) is 14.2 Å². The molecule has 0 N–H and O–H groups in total. The van der Waals surface area contributed by atoms with Crippen molar-refractivity contribution in [1.82, 2.24) is 0 Å². The van der Waals surface area contributed by atoms with Crippen molar-refractivity contribution in [1.29, 1.82) is 0 Å². The number of Topliss-reactive ketones (excluding diaryl/α,β-unsaturated/α-hetero) is 1. The highest BCUT2D eigenvalue weighted by molar-refractivity contribution is 5.87. The predicted molar refractivity (Wildman–Crippen MR) is 66.4 cm³/mol. The van der Waals surface area contributed by atoms with Crippen LogP contribution in [0.15, 0.2) is 24.3 Å². The standard InChI is InChI=1S/C14H16O3/c1-16-13-8-5-11(9-14(13)17-2)10-3-6-12(15)7-4-10/h3,5,8-9H,4,6-7H2,1-2H3. The summed E-state index contributed by atoms with van der Waals surface area (Å²) in [5.74, 6) is 1.76. The maximum absolute atomic E-state index is 11.2. The topological polar surface area (TPSA) is 35.5 Å². The van der Waals surface area contributed by atoms with E-state index in [2.05, 4.69) is 0 Å². The zero-order chi connectivity index (χ0) is 12.3. The number of allylic oxidation sites excluding steroid dienone is 2. The summed E-state index contributed by atoms with van der Waals surface area (Å²) in [5, 5.41) is 0. The average Bonchev–Trinajstić information content (AvgIpc) is 2.39. The van der Waals surface area contributed by atoms with Crippen LogP contribution in [0.1, 0.15) is 24.8 Å². The van der Waals surface area contributed by atoms with Gasteiger partial charge in [-0.15, -0.1) is 0 Å². The van der Waals surface area contributed by atoms with Gasteiger partial charge in [0, 0.05) is 12.8 Å². The van der Waals surface area contributed by atoms with Gasteiger partial charge in [0.15, 0.2) is 11.5 Å². The summed E-state index contributed by atoms with van der Waals surface area (Å²) in [7, 11) is 3.25. The van der Waals surface area contributed by atoms with Gasteiger partial charge in [-0.1, -0.05) is 12.1 Å². The van der Waals surface area contributed by atoms with Crippen molar-refractivity contribution < 1.29 is 14.3 Å². The smallest absolute Gasteiger partial charge is 0.161 e. The molecule has 0 heterocycles. The Labute approximate surface area is 101 Å². The molecule has 0 bridgehead atoms. The Morgan fingerprint density at radius 2 is 1.82 bits per heavy atom. The average molecular weight is 232 g/mol. The van der Waals surface area contributed by atoms with Crippen LogP contribution in [-0.2, 0) is 4.79 Å². The van der Waals surface area contributed by atoms with Crippen molar-refractivity contribution >= 4 is 11.4 Å². The number of hydrogen-bond acceptors (Lipinski definition) is 3. The van der Waals surface area contributed by atoms with Gasteiger partial charge in [-0.05, 0) is 29.7 Å². The van der Waals surface area contributed by atoms with Crippen LogP contribution in [0.5, 0.6) is 11.5 Å². The molecule has 3 nitrogen and oxygen atoms in total. The highest BCUT2D eigenvalue weighted by Crippen LogP contribution is 2.33. The summed E-state index contributed by atoms with van der Waals surface area (Å²) in [6.45, 7) is 0. The van der Waals surface area contributed by atoms with E-state index in [1.165, 1.54) is 5.57 Å². The van der Waals surface area contributed by atoms with E-state index in [4.69, 9.17) is 9.47 Å². The van der Waals surface area contributed by atoms with Crippen LogP contribution in [0, 0.1) is 0 Å². The number of benzene rings is 1. The molecule has 0 saturated carbocycles. The van der Waals surface area contributed by atoms with Gasteiger partial charge in [0.25, 0.3) is 0 Å². The van der Waals surface area contributed by atoms with Gasteiger partial charge in [0.1, 0.15) is 5.78 Å². The fourth-order valence-corrected chi connectivity index (χ4v) is 2.01. The fourth-order valence-electron chi connectivity index (χ4n) is 2.01. The summed E-state index contributed by atoms with van der Waals surface area (Å²) < 4.78 is 10.5. The number of carbonyl (C=O) groups is 1. The van der Waals surface area contributed by atoms with Crippen LogP contribution >= 0.6 is 0 Å². The minimum Gasteiger partial charge on any atom is -0.493 e. The Bertz CT molecular complexity index is 461. The summed E-state index contributed by atoms with van der Waals surface area (Å²) in [6, 6.07) is 5.86. The van der Waals surface area contributed by atoms with E-state index in [-0.39, 0.29) is 0 Å². The van der Waals surface area contributed by atoms with Crippen LogP contribution in [0.3, 0.4) is 0 Å². The van der Waals surface area contributed by atoms with Crippen LogP contribution in [-0.4, -0.2) is 20.0 Å². The van der Waals surface area contributed by atoms with Gasteiger partial charge in [-0.3, -0.25) is 4.79 Å². The lowest BCUT2D eigenvalue weighted by Gasteiger charge is -2.14. The molecule has 1 aliphatic carbocycles. The maximum Gasteiger partial charge on any atom is 0.161 e. The first-order chi connectivity index (χ1) is 8.24. The van der Waals surface area contributed by atoms with Crippen molar-refractivity contribution in [2.24, 2.45) is 0 Å². The third-order valence-corrected chi connectivity index (χ3v) is 3.00.